The smallest absolute Gasteiger partial charge is 0.303 e. The molecule has 0 fully saturated rings. The number of aliphatic hydroxyl groups excluding tert-OH is 2. The second-order valence-corrected chi connectivity index (χ2v) is 17.7. The number of carbonyl (C=O) groups is 6. The molecule has 24 heteroatoms. The highest BCUT2D eigenvalue weighted by molar-refractivity contribution is 7.14. The molecule has 21 nitrogen and oxygen atoms in total. The number of hydrogen-bond donors (Lipinski definition) is 8. The van der Waals surface area contributed by atoms with Crippen molar-refractivity contribution >= 4 is 85.0 Å². The van der Waals surface area contributed by atoms with E-state index >= 15 is 0 Å². The summed E-state index contributed by atoms with van der Waals surface area (Å²) in [4.78, 5) is 88.9. The van der Waals surface area contributed by atoms with Gasteiger partial charge in [-0.15, -0.1) is 34.0 Å². The van der Waals surface area contributed by atoms with Crippen LogP contribution in [-0.4, -0.2) is 115 Å². The van der Waals surface area contributed by atoms with E-state index in [0.717, 1.165) is 53.9 Å². The number of fused-ring (bicyclic) bond motifs is 2. The number of benzene rings is 2. The van der Waals surface area contributed by atoms with Crippen molar-refractivity contribution in [2.45, 2.75) is 83.7 Å². The Morgan fingerprint density at radius 2 is 0.970 bits per heavy atom. The number of rotatable bonds is 16. The van der Waals surface area contributed by atoms with Gasteiger partial charge in [-0.25, -0.2) is 15.0 Å². The van der Waals surface area contributed by atoms with E-state index in [9.17, 15) is 39.0 Å². The van der Waals surface area contributed by atoms with Gasteiger partial charge in [0.2, 0.25) is 12.2 Å². The fourth-order valence-electron chi connectivity index (χ4n) is 6.77. The molecule has 0 saturated carbocycles. The molecule has 3 aromatic heterocycles. The molecule has 0 bridgehead atoms. The summed E-state index contributed by atoms with van der Waals surface area (Å²) in [7, 11) is 0. The fraction of sp³-hybridized carbons (Fsp3) is 0.372. The molecule has 0 unspecified atom stereocenters. The quantitative estimate of drug-likeness (QED) is 0.0630. The minimum atomic E-state index is -1.83. The lowest BCUT2D eigenvalue weighted by molar-refractivity contribution is -0.178. The molecule has 7 rings (SSSR count). The van der Waals surface area contributed by atoms with Crippen LogP contribution in [0.1, 0.15) is 53.2 Å². The fourth-order valence-corrected chi connectivity index (χ4v) is 8.56. The number of thiazole rings is 3. The first kappa shape index (κ1) is 51.4. The van der Waals surface area contributed by atoms with Crippen LogP contribution < -0.4 is 33.6 Å². The average molecular weight is 980 g/mol. The van der Waals surface area contributed by atoms with E-state index in [0.29, 0.717) is 66.7 Å². The second-order valence-electron chi connectivity index (χ2n) is 15.0. The average Bonchev–Trinajstić information content (AvgIpc) is 4.16. The number of aliphatic hydroxyl groups is 2. The number of nitrogens with zero attached hydrogens (tertiary/aromatic N) is 5. The summed E-state index contributed by atoms with van der Waals surface area (Å²) < 4.78 is 10.3. The molecule has 4 atom stereocenters. The van der Waals surface area contributed by atoms with Crippen molar-refractivity contribution in [1.29, 1.82) is 0 Å². The third kappa shape index (κ3) is 15.2. The van der Waals surface area contributed by atoms with Crippen LogP contribution in [0.15, 0.2) is 64.7 Å². The van der Waals surface area contributed by atoms with E-state index < -0.39 is 60.0 Å². The summed E-state index contributed by atoms with van der Waals surface area (Å²) in [6, 6.07) is 15.1. The van der Waals surface area contributed by atoms with Crippen LogP contribution in [0.4, 0.5) is 15.4 Å². The van der Waals surface area contributed by atoms with Gasteiger partial charge in [-0.05, 0) is 28.8 Å². The van der Waals surface area contributed by atoms with Crippen LogP contribution in [0.2, 0.25) is 0 Å². The maximum absolute atomic E-state index is 13.2. The number of anilines is 3. The van der Waals surface area contributed by atoms with Crippen molar-refractivity contribution in [2.75, 3.05) is 36.8 Å². The van der Waals surface area contributed by atoms with Gasteiger partial charge in [0.15, 0.2) is 27.6 Å². The number of nitrogen functional groups attached to an aromatic ring is 3. The van der Waals surface area contributed by atoms with Gasteiger partial charge in [0.05, 0.1) is 17.1 Å². The first-order valence-corrected chi connectivity index (χ1v) is 23.4. The van der Waals surface area contributed by atoms with Gasteiger partial charge < -0.3 is 63.1 Å². The van der Waals surface area contributed by atoms with E-state index in [4.69, 9.17) is 32.4 Å². The van der Waals surface area contributed by atoms with Crippen molar-refractivity contribution in [3.05, 3.63) is 104 Å². The molecule has 358 valence electrons. The van der Waals surface area contributed by atoms with Crippen LogP contribution in [0.3, 0.4) is 0 Å². The molecule has 12 N–H and O–H groups in total. The summed E-state index contributed by atoms with van der Waals surface area (Å²) in [6.07, 6.45) is -5.22. The summed E-state index contributed by atoms with van der Waals surface area (Å²) >= 11 is 4.04. The molecule has 0 aliphatic carbocycles. The number of esters is 2. The lowest BCUT2D eigenvalue weighted by Gasteiger charge is -2.28. The van der Waals surface area contributed by atoms with E-state index in [1.54, 1.807) is 10.8 Å². The summed E-state index contributed by atoms with van der Waals surface area (Å²) in [6.45, 7) is 4.55. The van der Waals surface area contributed by atoms with Crippen LogP contribution in [0.25, 0.3) is 0 Å². The molecule has 0 radical (unpaired) electrons. The topological polar surface area (TPSA) is 335 Å². The zero-order chi connectivity index (χ0) is 48.6. The highest BCUT2D eigenvalue weighted by atomic mass is 32.1. The number of nitrogens with two attached hydrogens (primary N) is 4. The Morgan fingerprint density at radius 1 is 0.597 bits per heavy atom. The maximum Gasteiger partial charge on any atom is 0.303 e. The molecular weight excluding hydrogens is 927 g/mol. The van der Waals surface area contributed by atoms with Crippen LogP contribution in [0.5, 0.6) is 0 Å². The molecule has 2 aliphatic heterocycles. The lowest BCUT2D eigenvalue weighted by atomic mass is 10.1. The van der Waals surface area contributed by atoms with Gasteiger partial charge >= 0.3 is 11.9 Å². The number of hydrogen-bond acceptors (Lipinski definition) is 20. The highest BCUT2D eigenvalue weighted by Crippen LogP contribution is 2.25. The number of nitrogens with one attached hydrogen (secondary N) is 2. The van der Waals surface area contributed by atoms with Gasteiger partial charge in [0, 0.05) is 88.5 Å². The third-order valence-electron chi connectivity index (χ3n) is 9.96. The van der Waals surface area contributed by atoms with Crippen molar-refractivity contribution in [2.24, 2.45) is 5.73 Å². The van der Waals surface area contributed by atoms with E-state index in [2.05, 4.69) is 25.6 Å². The monoisotopic (exact) mass is 979 g/mol. The van der Waals surface area contributed by atoms with Crippen LogP contribution in [0, 0.1) is 0 Å². The Kier molecular flexibility index (Phi) is 19.0. The Bertz CT molecular complexity index is 2450. The number of aromatic nitrogens is 3. The van der Waals surface area contributed by atoms with Crippen molar-refractivity contribution in [3.8, 4) is 0 Å². The Morgan fingerprint density at radius 3 is 1.34 bits per heavy atom. The van der Waals surface area contributed by atoms with Crippen molar-refractivity contribution in [3.63, 3.8) is 0 Å². The third-order valence-corrected chi connectivity index (χ3v) is 12.1. The summed E-state index contributed by atoms with van der Waals surface area (Å²) in [5.41, 5.74) is 28.1. The number of carbonyl (C=O) groups excluding carboxylic acids is 6. The number of ether oxygens (including phenoxy) is 2. The predicted octanol–water partition coefficient (Wildman–Crippen LogP) is 0.665. The van der Waals surface area contributed by atoms with Crippen molar-refractivity contribution < 1.29 is 48.5 Å². The van der Waals surface area contributed by atoms with Crippen LogP contribution in [-0.2, 0) is 83.7 Å². The Balaban J connectivity index is 0.000000214. The molecule has 0 spiro atoms. The van der Waals surface area contributed by atoms with E-state index in [-0.39, 0.29) is 13.1 Å². The zero-order valence-corrected chi connectivity index (χ0v) is 39.1. The number of amides is 4. The molecule has 4 amide bonds. The van der Waals surface area contributed by atoms with Gasteiger partial charge in [0.1, 0.15) is 0 Å². The predicted molar refractivity (Wildman–Crippen MR) is 250 cm³/mol. The first-order chi connectivity index (χ1) is 32.0. The largest absolute Gasteiger partial charge is 0.448 e. The van der Waals surface area contributed by atoms with Gasteiger partial charge in [-0.2, -0.15) is 0 Å². The minimum absolute atomic E-state index is 0.163. The Labute approximate surface area is 397 Å². The van der Waals surface area contributed by atoms with E-state index in [1.165, 1.54) is 43.8 Å². The maximum atomic E-state index is 13.2. The Hall–Kier alpha value is -6.57. The van der Waals surface area contributed by atoms with E-state index in [1.807, 2.05) is 53.9 Å². The summed E-state index contributed by atoms with van der Waals surface area (Å²) in [5, 5.41) is 32.1. The molecule has 2 aliphatic rings. The van der Waals surface area contributed by atoms with Gasteiger partial charge in [-0.3, -0.25) is 28.8 Å². The molecule has 67 heavy (non-hydrogen) atoms. The van der Waals surface area contributed by atoms with Gasteiger partial charge in [0.25, 0.3) is 23.6 Å². The standard InChI is InChI=1S/C21H24N4O6S.C17H20N4O4S.C5H9N3S/c1-12(26)30-17(19(28)23-8-7-16-11-32-21(22)24-16)18(31-13(2)27)20(29)25-9-14-5-3-4-6-15(14)10-25;18-17-20-12(9-26-17)5-6-19-15(24)13(22)14(23)16(25)21-7-10-3-1-2-4-11(10)8-21;6-2-1-4-3-9-5(7)8-4/h3-6,11,17-18H,7-10H2,1-2H3,(H2,22,24)(H,23,28);1-4,9,13-14,22-23H,5-8H2,(H2,18,20)(H,19,24);3H,1-2,6H2,(H2,7,8)/t17-,18-;13-,14-;/m11./s1. The van der Waals surface area contributed by atoms with Crippen molar-refractivity contribution in [1.82, 2.24) is 35.4 Å². The minimum Gasteiger partial charge on any atom is -0.448 e. The summed E-state index contributed by atoms with van der Waals surface area (Å²) in [5.74, 6) is -4.40. The van der Waals surface area contributed by atoms with Crippen LogP contribution >= 0.6 is 34.0 Å². The molecule has 5 aromatic rings. The molecular formula is C43H53N11O10S3. The second kappa shape index (κ2) is 24.8. The highest BCUT2D eigenvalue weighted by Gasteiger charge is 2.42. The first-order valence-electron chi connectivity index (χ1n) is 20.8. The molecule has 0 saturated heterocycles. The molecule has 5 heterocycles. The molecule has 2 aromatic carbocycles. The SMILES string of the molecule is CC(=O)O[C@@H](C(=O)NCCc1csc(N)n1)[C@@H](OC(C)=O)C(=O)N1Cc2ccccc2C1.NCCc1csc(N)n1.Nc1nc(CCNC(=O)[C@H](O)[C@@H](O)C(=O)N2Cc3ccccc3C2)cs1. The zero-order valence-electron chi connectivity index (χ0n) is 36.7. The lowest BCUT2D eigenvalue weighted by Crippen LogP contribution is -2.53. The van der Waals surface area contributed by atoms with Gasteiger partial charge in [-0.1, -0.05) is 48.5 Å². The normalized spacial score (nSPS) is 14.1.